The third-order valence-electron chi connectivity index (χ3n) is 4.04. The fraction of sp³-hybridized carbons (Fsp3) is 0.389. The molecule has 1 unspecified atom stereocenters. The Hall–Kier alpha value is -2.18. The van der Waals surface area contributed by atoms with Crippen molar-refractivity contribution in [3.05, 3.63) is 35.7 Å². The maximum atomic E-state index is 6.26. The Balaban J connectivity index is 0.000000880. The van der Waals surface area contributed by atoms with E-state index in [9.17, 15) is 0 Å². The van der Waals surface area contributed by atoms with Crippen LogP contribution in [0.25, 0.3) is 22.4 Å². The number of aromatic amines is 1. The number of ether oxygens (including phenoxy) is 1. The highest BCUT2D eigenvalue weighted by atomic mass is 35.5. The minimum Gasteiger partial charge on any atom is -0.377 e. The van der Waals surface area contributed by atoms with E-state index in [0.717, 1.165) is 29.0 Å². The Kier molecular flexibility index (Phi) is 5.50. The van der Waals surface area contributed by atoms with Crippen molar-refractivity contribution >= 4 is 28.5 Å². The zero-order valence-corrected chi connectivity index (χ0v) is 15.4. The normalized spacial score (nSPS) is 17.3. The molecule has 0 saturated carbocycles. The van der Waals surface area contributed by atoms with Crippen molar-refractivity contribution in [2.75, 3.05) is 24.7 Å². The summed E-state index contributed by atoms with van der Waals surface area (Å²) in [5.74, 6) is 1.44. The third kappa shape index (κ3) is 3.60. The molecule has 3 aromatic rings. The second-order valence-electron chi connectivity index (χ2n) is 5.59. The topological polar surface area (TPSA) is 66.9 Å². The fourth-order valence-corrected chi connectivity index (χ4v) is 3.07. The largest absolute Gasteiger partial charge is 0.377 e. The highest BCUT2D eigenvalue weighted by Gasteiger charge is 2.22. The van der Waals surface area contributed by atoms with Crippen LogP contribution in [0, 0.1) is 0 Å². The lowest BCUT2D eigenvalue weighted by Crippen LogP contribution is -2.44. The molecule has 7 heteroatoms. The number of hydrogen-bond acceptors (Lipinski definition) is 5. The monoisotopic (exact) mass is 359 g/mol. The standard InChI is InChI=1S/C16H16ClN5O.C2H6/c1-10-9-23-7-6-22(10)14-8-13(17)20-16(21-14)12-3-5-19-15-11(12)2-4-18-15;1-2/h2-5,8,10H,6-7,9H2,1H3,(H,18,19);1-2H3. The van der Waals surface area contributed by atoms with Gasteiger partial charge in [-0.2, -0.15) is 0 Å². The van der Waals surface area contributed by atoms with Gasteiger partial charge in [0.2, 0.25) is 0 Å². The quantitative estimate of drug-likeness (QED) is 0.702. The number of halogens is 1. The number of nitrogens with one attached hydrogen (secondary N) is 1. The molecule has 1 aliphatic rings. The van der Waals surface area contributed by atoms with Gasteiger partial charge in [0, 0.05) is 36.0 Å². The van der Waals surface area contributed by atoms with Gasteiger partial charge in [0.05, 0.1) is 19.3 Å². The van der Waals surface area contributed by atoms with E-state index in [4.69, 9.17) is 21.3 Å². The summed E-state index contributed by atoms with van der Waals surface area (Å²) in [4.78, 5) is 18.8. The Bertz CT molecular complexity index is 850. The molecule has 0 radical (unpaired) electrons. The van der Waals surface area contributed by atoms with E-state index in [1.54, 1.807) is 6.20 Å². The molecular weight excluding hydrogens is 338 g/mol. The van der Waals surface area contributed by atoms with Gasteiger partial charge in [-0.25, -0.2) is 15.0 Å². The first kappa shape index (κ1) is 17.6. The molecule has 0 bridgehead atoms. The second kappa shape index (κ2) is 7.80. The van der Waals surface area contributed by atoms with Crippen molar-refractivity contribution in [3.8, 4) is 11.4 Å². The molecule has 1 aliphatic heterocycles. The highest BCUT2D eigenvalue weighted by molar-refractivity contribution is 6.29. The lowest BCUT2D eigenvalue weighted by molar-refractivity contribution is 0.0985. The second-order valence-corrected chi connectivity index (χ2v) is 5.98. The molecule has 1 N–H and O–H groups in total. The summed E-state index contributed by atoms with van der Waals surface area (Å²) >= 11 is 6.26. The van der Waals surface area contributed by atoms with E-state index in [1.165, 1.54) is 0 Å². The highest BCUT2D eigenvalue weighted by Crippen LogP contribution is 2.28. The smallest absolute Gasteiger partial charge is 0.163 e. The Morgan fingerprint density at radius 3 is 2.92 bits per heavy atom. The van der Waals surface area contributed by atoms with Crippen LogP contribution < -0.4 is 4.90 Å². The zero-order chi connectivity index (χ0) is 17.8. The molecule has 0 spiro atoms. The Morgan fingerprint density at radius 1 is 1.28 bits per heavy atom. The minimum absolute atomic E-state index is 0.257. The Morgan fingerprint density at radius 2 is 2.12 bits per heavy atom. The van der Waals surface area contributed by atoms with Crippen LogP contribution in [-0.2, 0) is 4.74 Å². The molecule has 4 rings (SSSR count). The summed E-state index contributed by atoms with van der Waals surface area (Å²) in [5.41, 5.74) is 1.73. The predicted octanol–water partition coefficient (Wildman–Crippen LogP) is 3.92. The number of hydrogen-bond donors (Lipinski definition) is 1. The molecule has 6 nitrogen and oxygen atoms in total. The van der Waals surface area contributed by atoms with Crippen LogP contribution in [0.15, 0.2) is 30.6 Å². The minimum atomic E-state index is 0.257. The molecule has 0 aromatic carbocycles. The molecule has 3 aromatic heterocycles. The number of fused-ring (bicyclic) bond motifs is 1. The van der Waals surface area contributed by atoms with E-state index in [-0.39, 0.29) is 6.04 Å². The molecular formula is C18H22ClN5O. The first-order valence-electron chi connectivity index (χ1n) is 8.54. The first-order chi connectivity index (χ1) is 12.2. The van der Waals surface area contributed by atoms with Gasteiger partial charge in [-0.05, 0) is 19.1 Å². The maximum absolute atomic E-state index is 6.26. The first-order valence-corrected chi connectivity index (χ1v) is 8.91. The van der Waals surface area contributed by atoms with Crippen LogP contribution in [0.5, 0.6) is 0 Å². The summed E-state index contributed by atoms with van der Waals surface area (Å²) in [5, 5.41) is 1.42. The number of H-pyrrole nitrogens is 1. The Labute approximate surface area is 152 Å². The zero-order valence-electron chi connectivity index (χ0n) is 14.7. The van der Waals surface area contributed by atoms with E-state index in [0.29, 0.717) is 24.2 Å². The van der Waals surface area contributed by atoms with Gasteiger partial charge in [-0.3, -0.25) is 0 Å². The summed E-state index contributed by atoms with van der Waals surface area (Å²) in [6, 6.07) is 5.95. The number of rotatable bonds is 2. The molecule has 132 valence electrons. The molecule has 1 saturated heterocycles. The lowest BCUT2D eigenvalue weighted by atomic mass is 10.1. The molecule has 1 atom stereocenters. The van der Waals surface area contributed by atoms with Crippen molar-refractivity contribution in [1.82, 2.24) is 19.9 Å². The maximum Gasteiger partial charge on any atom is 0.163 e. The van der Waals surface area contributed by atoms with Gasteiger partial charge in [0.25, 0.3) is 0 Å². The molecule has 4 heterocycles. The van der Waals surface area contributed by atoms with Gasteiger partial charge in [0.15, 0.2) is 5.82 Å². The SMILES string of the molecule is CC.CC1COCCN1c1cc(Cl)nc(-c2ccnc3[nH]ccc23)n1. The van der Waals surface area contributed by atoms with Crippen molar-refractivity contribution in [2.24, 2.45) is 0 Å². The summed E-state index contributed by atoms with van der Waals surface area (Å²) < 4.78 is 5.50. The van der Waals surface area contributed by atoms with E-state index < -0.39 is 0 Å². The van der Waals surface area contributed by atoms with Crippen LogP contribution in [0.1, 0.15) is 20.8 Å². The van der Waals surface area contributed by atoms with Crippen LogP contribution in [0.3, 0.4) is 0 Å². The van der Waals surface area contributed by atoms with Gasteiger partial charge in [0.1, 0.15) is 16.6 Å². The van der Waals surface area contributed by atoms with Crippen LogP contribution in [0.4, 0.5) is 5.82 Å². The van der Waals surface area contributed by atoms with Gasteiger partial charge in [-0.1, -0.05) is 25.4 Å². The van der Waals surface area contributed by atoms with Crippen molar-refractivity contribution < 1.29 is 4.74 Å². The lowest BCUT2D eigenvalue weighted by Gasteiger charge is -2.34. The van der Waals surface area contributed by atoms with Crippen molar-refractivity contribution in [1.29, 1.82) is 0 Å². The molecule has 1 fully saturated rings. The van der Waals surface area contributed by atoms with E-state index >= 15 is 0 Å². The molecule has 25 heavy (non-hydrogen) atoms. The van der Waals surface area contributed by atoms with E-state index in [1.807, 2.05) is 38.2 Å². The van der Waals surface area contributed by atoms with Crippen molar-refractivity contribution in [3.63, 3.8) is 0 Å². The van der Waals surface area contributed by atoms with Crippen LogP contribution in [0.2, 0.25) is 5.15 Å². The molecule has 0 amide bonds. The molecule has 0 aliphatic carbocycles. The summed E-state index contributed by atoms with van der Waals surface area (Å²) in [6.45, 7) is 8.29. The average Bonchev–Trinajstić information content (AvgIpc) is 3.12. The number of anilines is 1. The summed E-state index contributed by atoms with van der Waals surface area (Å²) in [7, 11) is 0. The number of morpholine rings is 1. The van der Waals surface area contributed by atoms with Crippen molar-refractivity contribution in [2.45, 2.75) is 26.8 Å². The number of aromatic nitrogens is 4. The van der Waals surface area contributed by atoms with Crippen LogP contribution in [-0.4, -0.2) is 45.7 Å². The third-order valence-corrected chi connectivity index (χ3v) is 4.24. The fourth-order valence-electron chi connectivity index (χ4n) is 2.90. The number of nitrogens with zero attached hydrogens (tertiary/aromatic N) is 4. The number of pyridine rings is 1. The average molecular weight is 360 g/mol. The van der Waals surface area contributed by atoms with Gasteiger partial charge in [-0.15, -0.1) is 0 Å². The van der Waals surface area contributed by atoms with E-state index in [2.05, 4.69) is 26.8 Å². The van der Waals surface area contributed by atoms with Gasteiger partial charge >= 0.3 is 0 Å². The summed E-state index contributed by atoms with van der Waals surface area (Å²) in [6.07, 6.45) is 3.60. The van der Waals surface area contributed by atoms with Crippen LogP contribution >= 0.6 is 11.6 Å². The van der Waals surface area contributed by atoms with Gasteiger partial charge < -0.3 is 14.6 Å². The predicted molar refractivity (Wildman–Crippen MR) is 101 cm³/mol.